The van der Waals surface area contributed by atoms with Crippen LogP contribution in [-0.4, -0.2) is 46.6 Å². The molecule has 1 fully saturated rings. The van der Waals surface area contributed by atoms with Crippen LogP contribution in [0.25, 0.3) is 0 Å². The smallest absolute Gasteiger partial charge is 0.323 e. The predicted molar refractivity (Wildman–Crippen MR) is 89.1 cm³/mol. The number of carbonyl (C=O) groups excluding carboxylic acids is 4. The second-order valence-electron chi connectivity index (χ2n) is 4.67. The third-order valence-corrected chi connectivity index (χ3v) is 4.07. The molecule has 7 nitrogen and oxygen atoms in total. The van der Waals surface area contributed by atoms with Gasteiger partial charge in [-0.3, -0.25) is 19.3 Å². The standard InChI is InChI=1S/C14H10Cl3N3O4/c1-2-3-19-12(22)13(23)20(14(19)24)6-11(21)18-10-5-8(16)7(15)4-9(10)17/h2,4-5H,1,3,6H2,(H,18,21). The Morgan fingerprint density at radius 3 is 2.25 bits per heavy atom. The Morgan fingerprint density at radius 2 is 1.62 bits per heavy atom. The normalized spacial score (nSPS) is 14.4. The molecule has 0 saturated carbocycles. The van der Waals surface area contributed by atoms with Gasteiger partial charge in [0.2, 0.25) is 5.91 Å². The van der Waals surface area contributed by atoms with Crippen LogP contribution in [0.4, 0.5) is 10.5 Å². The van der Waals surface area contributed by atoms with Gasteiger partial charge >= 0.3 is 17.8 Å². The van der Waals surface area contributed by atoms with Gasteiger partial charge in [0.1, 0.15) is 6.54 Å². The molecule has 0 aromatic heterocycles. The summed E-state index contributed by atoms with van der Waals surface area (Å²) in [5, 5.41) is 2.89. The quantitative estimate of drug-likeness (QED) is 0.362. The molecule has 1 aliphatic heterocycles. The maximum absolute atomic E-state index is 12.0. The van der Waals surface area contributed by atoms with Crippen molar-refractivity contribution in [2.75, 3.05) is 18.4 Å². The highest BCUT2D eigenvalue weighted by Gasteiger charge is 2.44. The average Bonchev–Trinajstić information content (AvgIpc) is 2.71. The largest absolute Gasteiger partial charge is 0.335 e. The summed E-state index contributed by atoms with van der Waals surface area (Å²) in [6.07, 6.45) is 1.29. The molecule has 24 heavy (non-hydrogen) atoms. The van der Waals surface area contributed by atoms with Gasteiger partial charge < -0.3 is 5.32 Å². The third-order valence-electron chi connectivity index (χ3n) is 3.03. The maximum atomic E-state index is 12.0. The molecule has 0 unspecified atom stereocenters. The summed E-state index contributed by atoms with van der Waals surface area (Å²) in [5.41, 5.74) is 0.157. The first-order chi connectivity index (χ1) is 11.3. The minimum atomic E-state index is -1.09. The van der Waals surface area contributed by atoms with Gasteiger partial charge in [0.25, 0.3) is 0 Å². The fourth-order valence-electron chi connectivity index (χ4n) is 1.93. The van der Waals surface area contributed by atoms with Crippen molar-refractivity contribution in [1.82, 2.24) is 9.80 Å². The number of hydrogen-bond donors (Lipinski definition) is 1. The molecule has 0 radical (unpaired) electrons. The van der Waals surface area contributed by atoms with E-state index >= 15 is 0 Å². The van der Waals surface area contributed by atoms with Gasteiger partial charge in [0.05, 0.1) is 20.8 Å². The van der Waals surface area contributed by atoms with Crippen LogP contribution in [0.3, 0.4) is 0 Å². The number of anilines is 1. The first-order valence-corrected chi connectivity index (χ1v) is 7.62. The van der Waals surface area contributed by atoms with Crippen molar-refractivity contribution in [2.45, 2.75) is 0 Å². The van der Waals surface area contributed by atoms with Crippen LogP contribution in [0.15, 0.2) is 24.8 Å². The molecule has 1 aromatic rings. The highest BCUT2D eigenvalue weighted by atomic mass is 35.5. The molecular formula is C14H10Cl3N3O4. The molecule has 5 amide bonds. The van der Waals surface area contributed by atoms with Gasteiger partial charge in [-0.1, -0.05) is 40.9 Å². The third kappa shape index (κ3) is 3.53. The first kappa shape index (κ1) is 18.3. The lowest BCUT2D eigenvalue weighted by Gasteiger charge is -2.14. The summed E-state index contributed by atoms with van der Waals surface area (Å²) in [6, 6.07) is 1.77. The lowest BCUT2D eigenvalue weighted by molar-refractivity contribution is -0.143. The van der Waals surface area contributed by atoms with E-state index in [4.69, 9.17) is 34.8 Å². The van der Waals surface area contributed by atoms with E-state index < -0.39 is 30.3 Å². The molecule has 10 heteroatoms. The molecule has 0 bridgehead atoms. The van der Waals surface area contributed by atoms with Crippen LogP contribution in [-0.2, 0) is 14.4 Å². The van der Waals surface area contributed by atoms with E-state index in [0.29, 0.717) is 9.80 Å². The Morgan fingerprint density at radius 1 is 1.04 bits per heavy atom. The van der Waals surface area contributed by atoms with Gasteiger partial charge in [0, 0.05) is 6.54 Å². The molecule has 0 spiro atoms. The van der Waals surface area contributed by atoms with Crippen molar-refractivity contribution < 1.29 is 19.2 Å². The van der Waals surface area contributed by atoms with Gasteiger partial charge in [-0.15, -0.1) is 6.58 Å². The molecule has 1 saturated heterocycles. The summed E-state index contributed by atoms with van der Waals surface area (Å²) in [5.74, 6) is -2.83. The van der Waals surface area contributed by atoms with Crippen molar-refractivity contribution >= 4 is 64.2 Å². The number of halogens is 3. The lowest BCUT2D eigenvalue weighted by atomic mass is 10.3. The molecule has 0 aliphatic carbocycles. The Balaban J connectivity index is 2.11. The number of benzene rings is 1. The SMILES string of the molecule is C=CCN1C(=O)C(=O)N(CC(=O)Nc2cc(Cl)c(Cl)cc2Cl)C1=O. The van der Waals surface area contributed by atoms with Gasteiger partial charge in [0.15, 0.2) is 0 Å². The highest BCUT2D eigenvalue weighted by molar-refractivity contribution is 6.45. The van der Waals surface area contributed by atoms with Gasteiger partial charge in [-0.25, -0.2) is 9.69 Å². The number of amides is 5. The summed E-state index contributed by atoms with van der Waals surface area (Å²) in [7, 11) is 0. The number of carbonyl (C=O) groups is 4. The van der Waals surface area contributed by atoms with Crippen molar-refractivity contribution in [1.29, 1.82) is 0 Å². The molecule has 1 aliphatic rings. The molecule has 1 aromatic carbocycles. The van der Waals surface area contributed by atoms with Crippen molar-refractivity contribution in [2.24, 2.45) is 0 Å². The lowest BCUT2D eigenvalue weighted by Crippen LogP contribution is -2.39. The van der Waals surface area contributed by atoms with E-state index in [1.54, 1.807) is 0 Å². The number of rotatable bonds is 5. The number of nitrogens with zero attached hydrogens (tertiary/aromatic N) is 2. The van der Waals surface area contributed by atoms with Crippen molar-refractivity contribution in [3.05, 3.63) is 39.9 Å². The number of imide groups is 2. The summed E-state index contributed by atoms with van der Waals surface area (Å²) >= 11 is 17.5. The van der Waals surface area contributed by atoms with Gasteiger partial charge in [-0.2, -0.15) is 0 Å². The Labute approximate surface area is 151 Å². The van der Waals surface area contributed by atoms with E-state index in [9.17, 15) is 19.2 Å². The Kier molecular flexibility index (Phi) is 5.48. The molecule has 1 N–H and O–H groups in total. The first-order valence-electron chi connectivity index (χ1n) is 6.49. The summed E-state index contributed by atoms with van der Waals surface area (Å²) in [4.78, 5) is 48.7. The summed E-state index contributed by atoms with van der Waals surface area (Å²) < 4.78 is 0. The Hall–Kier alpha value is -2.09. The number of nitrogens with one attached hydrogen (secondary N) is 1. The number of hydrogen-bond acceptors (Lipinski definition) is 4. The fraction of sp³-hybridized carbons (Fsp3) is 0.143. The molecular weight excluding hydrogens is 381 g/mol. The van der Waals surface area contributed by atoms with Gasteiger partial charge in [-0.05, 0) is 12.1 Å². The van der Waals surface area contributed by atoms with Crippen molar-refractivity contribution in [3.8, 4) is 0 Å². The monoisotopic (exact) mass is 389 g/mol. The van der Waals surface area contributed by atoms with Crippen LogP contribution in [0.5, 0.6) is 0 Å². The number of urea groups is 1. The summed E-state index contributed by atoms with van der Waals surface area (Å²) in [6.45, 7) is 2.62. The maximum Gasteiger partial charge on any atom is 0.335 e. The van der Waals surface area contributed by atoms with Crippen LogP contribution >= 0.6 is 34.8 Å². The molecule has 0 atom stereocenters. The molecule has 2 rings (SSSR count). The fourth-order valence-corrected chi connectivity index (χ4v) is 2.53. The van der Waals surface area contributed by atoms with E-state index in [1.807, 2.05) is 0 Å². The average molecular weight is 391 g/mol. The molecule has 1 heterocycles. The minimum absolute atomic E-state index is 0.125. The van der Waals surface area contributed by atoms with Crippen LogP contribution in [0, 0.1) is 0 Å². The second-order valence-corrected chi connectivity index (χ2v) is 5.89. The zero-order valence-corrected chi connectivity index (χ0v) is 14.3. The Bertz CT molecular complexity index is 766. The second kappa shape index (κ2) is 7.21. The van der Waals surface area contributed by atoms with E-state index in [2.05, 4.69) is 11.9 Å². The van der Waals surface area contributed by atoms with Crippen LogP contribution < -0.4 is 5.32 Å². The van der Waals surface area contributed by atoms with E-state index in [-0.39, 0.29) is 27.3 Å². The van der Waals surface area contributed by atoms with Crippen LogP contribution in [0.1, 0.15) is 0 Å². The zero-order chi connectivity index (χ0) is 18.0. The zero-order valence-electron chi connectivity index (χ0n) is 12.0. The van der Waals surface area contributed by atoms with Crippen molar-refractivity contribution in [3.63, 3.8) is 0 Å². The van der Waals surface area contributed by atoms with E-state index in [1.165, 1.54) is 18.2 Å². The van der Waals surface area contributed by atoms with Crippen LogP contribution in [0.2, 0.25) is 15.1 Å². The minimum Gasteiger partial charge on any atom is -0.323 e. The topological polar surface area (TPSA) is 86.8 Å². The van der Waals surface area contributed by atoms with E-state index in [0.717, 1.165) is 0 Å². The molecule has 126 valence electrons. The predicted octanol–water partition coefficient (Wildman–Crippen LogP) is 2.56. The highest BCUT2D eigenvalue weighted by Crippen LogP contribution is 2.32.